The number of hydrogen-bond donors (Lipinski definition) is 1. The van der Waals surface area contributed by atoms with E-state index in [1.54, 1.807) is 6.92 Å². The normalized spacial score (nSPS) is 22.4. The number of ether oxygens (including phenoxy) is 1. The zero-order valence-electron chi connectivity index (χ0n) is 17.3. The van der Waals surface area contributed by atoms with E-state index in [0.717, 1.165) is 64.3 Å². The van der Waals surface area contributed by atoms with Crippen LogP contribution in [0.2, 0.25) is 0 Å². The molecular weight excluding hydrogens is 354 g/mol. The molecule has 1 aromatic carbocycles. The van der Waals surface area contributed by atoms with E-state index in [9.17, 15) is 9.90 Å². The summed E-state index contributed by atoms with van der Waals surface area (Å²) in [7, 11) is 0. The van der Waals surface area contributed by atoms with E-state index in [0.29, 0.717) is 18.7 Å². The molecule has 2 aliphatic rings. The van der Waals surface area contributed by atoms with Crippen molar-refractivity contribution in [3.05, 3.63) is 29.8 Å². The number of rotatable bonds is 7. The fourth-order valence-corrected chi connectivity index (χ4v) is 4.52. The van der Waals surface area contributed by atoms with Crippen LogP contribution in [0.5, 0.6) is 5.75 Å². The van der Waals surface area contributed by atoms with Crippen molar-refractivity contribution in [2.75, 3.05) is 45.9 Å². The Morgan fingerprint density at radius 3 is 2.46 bits per heavy atom. The highest BCUT2D eigenvalue weighted by Gasteiger charge is 2.32. The van der Waals surface area contributed by atoms with Gasteiger partial charge in [0.25, 0.3) is 0 Å². The second-order valence-corrected chi connectivity index (χ2v) is 7.95. The third-order valence-electron chi connectivity index (χ3n) is 6.14. The van der Waals surface area contributed by atoms with Gasteiger partial charge in [-0.25, -0.2) is 0 Å². The Hall–Kier alpha value is -1.63. The van der Waals surface area contributed by atoms with E-state index < -0.39 is 0 Å². The van der Waals surface area contributed by atoms with Crippen LogP contribution in [0.4, 0.5) is 0 Å². The summed E-state index contributed by atoms with van der Waals surface area (Å²) in [5.74, 6) is 1.11. The maximum Gasteiger partial charge on any atom is 0.219 e. The number of piperidine rings is 1. The zero-order chi connectivity index (χ0) is 19.9. The van der Waals surface area contributed by atoms with Gasteiger partial charge in [-0.1, -0.05) is 12.1 Å². The lowest BCUT2D eigenvalue weighted by atomic mass is 9.99. The van der Waals surface area contributed by atoms with E-state index in [4.69, 9.17) is 4.74 Å². The summed E-state index contributed by atoms with van der Waals surface area (Å²) in [6.45, 7) is 10.3. The molecule has 2 aliphatic heterocycles. The molecule has 0 spiro atoms. The first-order valence-corrected chi connectivity index (χ1v) is 10.7. The highest BCUT2D eigenvalue weighted by Crippen LogP contribution is 2.23. The molecule has 3 rings (SSSR count). The van der Waals surface area contributed by atoms with Crippen molar-refractivity contribution in [2.45, 2.75) is 51.7 Å². The minimum absolute atomic E-state index is 0.191. The minimum Gasteiger partial charge on any atom is -0.494 e. The Morgan fingerprint density at radius 1 is 1.14 bits per heavy atom. The zero-order valence-corrected chi connectivity index (χ0v) is 17.3. The molecule has 1 atom stereocenters. The maximum atomic E-state index is 11.6. The molecule has 28 heavy (non-hydrogen) atoms. The smallest absolute Gasteiger partial charge is 0.219 e. The molecule has 1 N–H and O–H groups in total. The van der Waals surface area contributed by atoms with Gasteiger partial charge in [0.2, 0.25) is 5.91 Å². The minimum atomic E-state index is 0.191. The molecule has 0 bridgehead atoms. The van der Waals surface area contributed by atoms with Crippen LogP contribution in [-0.2, 0) is 11.3 Å². The molecule has 6 heteroatoms. The van der Waals surface area contributed by atoms with Gasteiger partial charge in [-0.2, -0.15) is 0 Å². The van der Waals surface area contributed by atoms with Gasteiger partial charge in [0.15, 0.2) is 0 Å². The molecule has 2 fully saturated rings. The van der Waals surface area contributed by atoms with Crippen LogP contribution in [0.25, 0.3) is 0 Å². The van der Waals surface area contributed by atoms with E-state index >= 15 is 0 Å². The SMILES string of the molecule is CCOc1ccc(CN2CCN(C3CCN(C(C)=O)CC3)CC2CCO)cc1. The van der Waals surface area contributed by atoms with Crippen molar-refractivity contribution in [1.29, 1.82) is 0 Å². The van der Waals surface area contributed by atoms with Gasteiger partial charge in [-0.05, 0) is 43.9 Å². The molecule has 1 amide bonds. The lowest BCUT2D eigenvalue weighted by Crippen LogP contribution is -2.57. The summed E-state index contributed by atoms with van der Waals surface area (Å²) in [6.07, 6.45) is 2.93. The number of hydrogen-bond acceptors (Lipinski definition) is 5. The van der Waals surface area contributed by atoms with Crippen molar-refractivity contribution in [3.63, 3.8) is 0 Å². The second-order valence-electron chi connectivity index (χ2n) is 7.95. The molecule has 2 saturated heterocycles. The van der Waals surface area contributed by atoms with Crippen molar-refractivity contribution >= 4 is 5.91 Å². The monoisotopic (exact) mass is 389 g/mol. The van der Waals surface area contributed by atoms with Crippen LogP contribution in [0, 0.1) is 0 Å². The third kappa shape index (κ3) is 5.46. The van der Waals surface area contributed by atoms with Gasteiger partial charge in [-0.3, -0.25) is 14.6 Å². The lowest BCUT2D eigenvalue weighted by Gasteiger charge is -2.46. The van der Waals surface area contributed by atoms with E-state index in [1.165, 1.54) is 5.56 Å². The molecule has 1 aromatic rings. The number of nitrogens with zero attached hydrogens (tertiary/aromatic N) is 3. The van der Waals surface area contributed by atoms with E-state index in [-0.39, 0.29) is 12.5 Å². The number of likely N-dealkylation sites (tertiary alicyclic amines) is 1. The highest BCUT2D eigenvalue weighted by atomic mass is 16.5. The molecule has 0 saturated carbocycles. The van der Waals surface area contributed by atoms with Gasteiger partial charge >= 0.3 is 0 Å². The summed E-state index contributed by atoms with van der Waals surface area (Å²) in [4.78, 5) is 18.6. The van der Waals surface area contributed by atoms with Gasteiger partial charge in [0, 0.05) is 64.9 Å². The van der Waals surface area contributed by atoms with Crippen molar-refractivity contribution < 1.29 is 14.6 Å². The molecular formula is C22H35N3O3. The fourth-order valence-electron chi connectivity index (χ4n) is 4.52. The molecule has 0 aromatic heterocycles. The number of carbonyl (C=O) groups excluding carboxylic acids is 1. The topological polar surface area (TPSA) is 56.2 Å². The summed E-state index contributed by atoms with van der Waals surface area (Å²) < 4.78 is 5.54. The number of aliphatic hydroxyl groups excluding tert-OH is 1. The Balaban J connectivity index is 1.56. The predicted octanol–water partition coefficient (Wildman–Crippen LogP) is 1.96. The lowest BCUT2D eigenvalue weighted by molar-refractivity contribution is -0.130. The molecule has 6 nitrogen and oxygen atoms in total. The third-order valence-corrected chi connectivity index (χ3v) is 6.14. The molecule has 2 heterocycles. The average molecular weight is 390 g/mol. The Labute approximate surface area is 169 Å². The largest absolute Gasteiger partial charge is 0.494 e. The number of piperazine rings is 1. The van der Waals surface area contributed by atoms with Gasteiger partial charge < -0.3 is 14.7 Å². The first kappa shape index (κ1) is 21.1. The summed E-state index contributed by atoms with van der Waals surface area (Å²) in [5.41, 5.74) is 1.29. The first-order valence-electron chi connectivity index (χ1n) is 10.7. The van der Waals surface area contributed by atoms with E-state index in [2.05, 4.69) is 21.9 Å². The van der Waals surface area contributed by atoms with E-state index in [1.807, 2.05) is 24.0 Å². The fraction of sp³-hybridized carbons (Fsp3) is 0.682. The number of aliphatic hydroxyl groups is 1. The molecule has 0 aliphatic carbocycles. The highest BCUT2D eigenvalue weighted by molar-refractivity contribution is 5.73. The molecule has 0 radical (unpaired) electrons. The Bertz CT molecular complexity index is 614. The molecule has 1 unspecified atom stereocenters. The van der Waals surface area contributed by atoms with Crippen LogP contribution >= 0.6 is 0 Å². The molecule has 156 valence electrons. The average Bonchev–Trinajstić information content (AvgIpc) is 2.71. The van der Waals surface area contributed by atoms with Gasteiger partial charge in [-0.15, -0.1) is 0 Å². The van der Waals surface area contributed by atoms with Gasteiger partial charge in [0.1, 0.15) is 5.75 Å². The quantitative estimate of drug-likeness (QED) is 0.773. The van der Waals surface area contributed by atoms with Crippen LogP contribution in [-0.4, -0.2) is 83.7 Å². The Kier molecular flexibility index (Phi) is 7.71. The van der Waals surface area contributed by atoms with Crippen LogP contribution in [0.15, 0.2) is 24.3 Å². The summed E-state index contributed by atoms with van der Waals surface area (Å²) in [5, 5.41) is 9.58. The number of amides is 1. The van der Waals surface area contributed by atoms with Crippen molar-refractivity contribution in [1.82, 2.24) is 14.7 Å². The standard InChI is InChI=1S/C22H35N3O3/c1-3-28-22-6-4-19(5-7-22)16-24-13-14-25(17-21(24)10-15-26)20-8-11-23(12-9-20)18(2)27/h4-7,20-21,26H,3,8-17H2,1-2H3. The predicted molar refractivity (Wildman–Crippen MR) is 110 cm³/mol. The summed E-state index contributed by atoms with van der Waals surface area (Å²) >= 11 is 0. The number of benzene rings is 1. The van der Waals surface area contributed by atoms with Crippen LogP contribution < -0.4 is 4.74 Å². The maximum absolute atomic E-state index is 11.6. The van der Waals surface area contributed by atoms with Crippen molar-refractivity contribution in [3.8, 4) is 5.75 Å². The van der Waals surface area contributed by atoms with Gasteiger partial charge in [0.05, 0.1) is 6.61 Å². The first-order chi connectivity index (χ1) is 13.6. The second kappa shape index (κ2) is 10.2. The van der Waals surface area contributed by atoms with Crippen LogP contribution in [0.3, 0.4) is 0 Å². The Morgan fingerprint density at radius 2 is 1.86 bits per heavy atom. The summed E-state index contributed by atoms with van der Waals surface area (Å²) in [6, 6.07) is 9.30. The van der Waals surface area contributed by atoms with Crippen molar-refractivity contribution in [2.24, 2.45) is 0 Å². The number of carbonyl (C=O) groups is 1. The van der Waals surface area contributed by atoms with Crippen LogP contribution in [0.1, 0.15) is 38.7 Å².